The van der Waals surface area contributed by atoms with Crippen LogP contribution < -0.4 is 5.32 Å². The Morgan fingerprint density at radius 2 is 1.67 bits per heavy atom. The van der Waals surface area contributed by atoms with Gasteiger partial charge >= 0.3 is 0 Å². The predicted molar refractivity (Wildman–Crippen MR) is 89.9 cm³/mol. The van der Waals surface area contributed by atoms with Crippen molar-refractivity contribution in [3.8, 4) is 6.07 Å². The molecule has 1 N–H and O–H groups in total. The number of rotatable bonds is 2. The van der Waals surface area contributed by atoms with Gasteiger partial charge in [0.15, 0.2) is 0 Å². The van der Waals surface area contributed by atoms with Gasteiger partial charge in [-0.1, -0.05) is 19.3 Å². The van der Waals surface area contributed by atoms with E-state index >= 15 is 0 Å². The van der Waals surface area contributed by atoms with E-state index in [1.165, 1.54) is 19.3 Å². The molecule has 0 aromatic heterocycles. The smallest absolute Gasteiger partial charge is 0.240 e. The van der Waals surface area contributed by atoms with E-state index in [-0.39, 0.29) is 29.8 Å². The minimum absolute atomic E-state index is 0.00187. The lowest BCUT2D eigenvalue weighted by Gasteiger charge is -2.27. The maximum atomic E-state index is 12.8. The van der Waals surface area contributed by atoms with Gasteiger partial charge in [-0.2, -0.15) is 5.26 Å². The number of hydrogen-bond donors (Lipinski definition) is 1. The minimum Gasteiger partial charge on any atom is -0.342 e. The maximum Gasteiger partial charge on any atom is 0.240 e. The molecule has 0 bridgehead atoms. The molecule has 0 unspecified atom stereocenters. The first-order valence-corrected chi connectivity index (χ1v) is 9.43. The van der Waals surface area contributed by atoms with Gasteiger partial charge < -0.3 is 15.1 Å². The van der Waals surface area contributed by atoms with Gasteiger partial charge in [0.25, 0.3) is 0 Å². The lowest BCUT2D eigenvalue weighted by Crippen LogP contribution is -2.45. The Balaban J connectivity index is 1.55. The normalized spacial score (nSPS) is 31.4. The third kappa shape index (κ3) is 3.72. The summed E-state index contributed by atoms with van der Waals surface area (Å²) in [6.07, 6.45) is 8.11. The fourth-order valence-electron chi connectivity index (χ4n) is 4.20. The zero-order chi connectivity index (χ0) is 16.9. The van der Waals surface area contributed by atoms with Crippen molar-refractivity contribution in [2.75, 3.05) is 26.2 Å². The van der Waals surface area contributed by atoms with Gasteiger partial charge in [0.1, 0.15) is 6.04 Å². The molecular weight excluding hydrogens is 304 g/mol. The van der Waals surface area contributed by atoms with Crippen molar-refractivity contribution < 1.29 is 9.59 Å². The Labute approximate surface area is 144 Å². The number of carbonyl (C=O) groups is 2. The topological polar surface area (TPSA) is 76.4 Å². The highest BCUT2D eigenvalue weighted by atomic mass is 16.2. The van der Waals surface area contributed by atoms with Crippen LogP contribution in [0.15, 0.2) is 0 Å². The number of carbonyl (C=O) groups excluding carboxylic acids is 2. The van der Waals surface area contributed by atoms with Crippen LogP contribution in [0.3, 0.4) is 0 Å². The van der Waals surface area contributed by atoms with Crippen molar-refractivity contribution in [2.45, 2.75) is 63.5 Å². The average molecular weight is 332 g/mol. The summed E-state index contributed by atoms with van der Waals surface area (Å²) in [5.74, 6) is 0.112. The predicted octanol–water partition coefficient (Wildman–Crippen LogP) is 1.27. The lowest BCUT2D eigenvalue weighted by molar-refractivity contribution is -0.135. The summed E-state index contributed by atoms with van der Waals surface area (Å²) < 4.78 is 0. The molecule has 3 atom stereocenters. The van der Waals surface area contributed by atoms with Crippen LogP contribution in [-0.4, -0.2) is 59.9 Å². The molecule has 0 spiro atoms. The third-order valence-corrected chi connectivity index (χ3v) is 5.63. The van der Waals surface area contributed by atoms with Crippen LogP contribution in [0.2, 0.25) is 0 Å². The van der Waals surface area contributed by atoms with Crippen LogP contribution >= 0.6 is 0 Å². The van der Waals surface area contributed by atoms with Gasteiger partial charge in [-0.3, -0.25) is 9.59 Å². The van der Waals surface area contributed by atoms with E-state index in [0.717, 1.165) is 38.8 Å². The summed E-state index contributed by atoms with van der Waals surface area (Å²) in [6, 6.07) is 1.63. The number of nitrogens with one attached hydrogen (secondary N) is 1. The molecule has 3 heterocycles. The summed E-state index contributed by atoms with van der Waals surface area (Å²) in [4.78, 5) is 29.1. The second-order valence-corrected chi connectivity index (χ2v) is 7.31. The SMILES string of the molecule is N#C[C@@H]1CCCN1C(=O)[C@@H]1C[C@H](C(=O)N2CCCCCCC2)CN1. The zero-order valence-corrected chi connectivity index (χ0v) is 14.4. The number of nitrogens with zero attached hydrogens (tertiary/aromatic N) is 3. The van der Waals surface area contributed by atoms with E-state index in [2.05, 4.69) is 11.4 Å². The molecule has 6 nitrogen and oxygen atoms in total. The largest absolute Gasteiger partial charge is 0.342 e. The minimum atomic E-state index is -0.303. The van der Waals surface area contributed by atoms with Crippen LogP contribution in [-0.2, 0) is 9.59 Å². The monoisotopic (exact) mass is 332 g/mol. The molecule has 0 aromatic rings. The number of hydrogen-bond acceptors (Lipinski definition) is 4. The Hall–Kier alpha value is -1.61. The average Bonchev–Trinajstić information content (AvgIpc) is 3.22. The van der Waals surface area contributed by atoms with Gasteiger partial charge in [0.2, 0.25) is 11.8 Å². The van der Waals surface area contributed by atoms with Gasteiger partial charge in [0.05, 0.1) is 18.0 Å². The second kappa shape index (κ2) is 7.98. The molecule has 3 aliphatic heterocycles. The molecule has 3 rings (SSSR count). The lowest BCUT2D eigenvalue weighted by atomic mass is 10.0. The highest BCUT2D eigenvalue weighted by Gasteiger charge is 2.40. The first-order chi connectivity index (χ1) is 11.7. The van der Waals surface area contributed by atoms with Crippen molar-refractivity contribution in [3.63, 3.8) is 0 Å². The Morgan fingerprint density at radius 3 is 2.38 bits per heavy atom. The maximum absolute atomic E-state index is 12.8. The Kier molecular flexibility index (Phi) is 5.72. The molecule has 3 fully saturated rings. The Bertz CT molecular complexity index is 508. The molecule has 2 amide bonds. The summed E-state index contributed by atoms with van der Waals surface area (Å²) in [5.41, 5.74) is 0. The molecule has 24 heavy (non-hydrogen) atoms. The fourth-order valence-corrected chi connectivity index (χ4v) is 4.20. The summed E-state index contributed by atoms with van der Waals surface area (Å²) in [5, 5.41) is 12.4. The molecule has 132 valence electrons. The van der Waals surface area contributed by atoms with Crippen LogP contribution in [0, 0.1) is 17.2 Å². The molecule has 3 saturated heterocycles. The third-order valence-electron chi connectivity index (χ3n) is 5.63. The van der Waals surface area contributed by atoms with E-state index in [0.29, 0.717) is 19.5 Å². The fraction of sp³-hybridized carbons (Fsp3) is 0.833. The summed E-state index contributed by atoms with van der Waals surface area (Å²) in [6.45, 7) is 2.96. The van der Waals surface area contributed by atoms with Crippen molar-refractivity contribution in [3.05, 3.63) is 0 Å². The highest BCUT2D eigenvalue weighted by molar-refractivity contribution is 5.86. The van der Waals surface area contributed by atoms with E-state index in [4.69, 9.17) is 5.26 Å². The van der Waals surface area contributed by atoms with Gasteiger partial charge in [-0.15, -0.1) is 0 Å². The first-order valence-electron chi connectivity index (χ1n) is 9.43. The van der Waals surface area contributed by atoms with Crippen molar-refractivity contribution >= 4 is 11.8 Å². The molecule has 3 aliphatic rings. The molecule has 0 aromatic carbocycles. The molecular formula is C18H28N4O2. The standard InChI is InChI=1S/C18H28N4O2/c19-12-15-7-6-10-22(15)18(24)16-11-14(13-20-16)17(23)21-8-4-2-1-3-5-9-21/h14-16,20H,1-11,13H2/t14-,15-,16-/m0/s1. The summed E-state index contributed by atoms with van der Waals surface area (Å²) >= 11 is 0. The van der Waals surface area contributed by atoms with Gasteiger partial charge in [-0.25, -0.2) is 0 Å². The van der Waals surface area contributed by atoms with E-state index in [1.54, 1.807) is 4.90 Å². The number of nitriles is 1. The number of amides is 2. The first kappa shape index (κ1) is 17.2. The summed E-state index contributed by atoms with van der Waals surface area (Å²) in [7, 11) is 0. The van der Waals surface area contributed by atoms with E-state index < -0.39 is 0 Å². The number of likely N-dealkylation sites (tertiary alicyclic amines) is 2. The molecule has 0 radical (unpaired) electrons. The Morgan fingerprint density at radius 1 is 0.958 bits per heavy atom. The van der Waals surface area contributed by atoms with Crippen molar-refractivity contribution in [1.29, 1.82) is 5.26 Å². The van der Waals surface area contributed by atoms with Crippen LogP contribution in [0.25, 0.3) is 0 Å². The van der Waals surface area contributed by atoms with Crippen molar-refractivity contribution in [2.24, 2.45) is 5.92 Å². The quantitative estimate of drug-likeness (QED) is 0.826. The molecule has 6 heteroatoms. The van der Waals surface area contributed by atoms with E-state index in [1.807, 2.05) is 4.90 Å². The van der Waals surface area contributed by atoms with Crippen molar-refractivity contribution in [1.82, 2.24) is 15.1 Å². The van der Waals surface area contributed by atoms with Crippen LogP contribution in [0.4, 0.5) is 0 Å². The zero-order valence-electron chi connectivity index (χ0n) is 14.4. The molecule has 0 saturated carbocycles. The highest BCUT2D eigenvalue weighted by Crippen LogP contribution is 2.24. The van der Waals surface area contributed by atoms with Crippen LogP contribution in [0.1, 0.15) is 51.4 Å². The van der Waals surface area contributed by atoms with E-state index in [9.17, 15) is 9.59 Å². The van der Waals surface area contributed by atoms with Crippen LogP contribution in [0.5, 0.6) is 0 Å². The second-order valence-electron chi connectivity index (χ2n) is 7.31. The molecule has 0 aliphatic carbocycles. The van der Waals surface area contributed by atoms with Gasteiger partial charge in [0, 0.05) is 26.2 Å². The van der Waals surface area contributed by atoms with Gasteiger partial charge in [-0.05, 0) is 32.1 Å².